The summed E-state index contributed by atoms with van der Waals surface area (Å²) >= 11 is 0. The third-order valence-corrected chi connectivity index (χ3v) is 2.76. The van der Waals surface area contributed by atoms with E-state index in [1.807, 2.05) is 12.1 Å². The largest absolute Gasteiger partial charge is 0.493 e. The number of amides is 1. The summed E-state index contributed by atoms with van der Waals surface area (Å²) in [7, 11) is 1.57. The Kier molecular flexibility index (Phi) is 3.49. The number of hydrogen-bond donors (Lipinski definition) is 2. The number of hydrogen-bond acceptors (Lipinski definition) is 4. The molecule has 1 atom stereocenters. The maximum atomic E-state index is 11.5. The predicted octanol–water partition coefficient (Wildman–Crippen LogP) is 0.421. The molecule has 0 saturated carbocycles. The number of nitrogens with one attached hydrogen (secondary N) is 1. The molecule has 1 unspecified atom stereocenters. The van der Waals surface area contributed by atoms with Gasteiger partial charge in [0.1, 0.15) is 0 Å². The van der Waals surface area contributed by atoms with Gasteiger partial charge in [0.2, 0.25) is 0 Å². The zero-order valence-electron chi connectivity index (χ0n) is 9.73. The van der Waals surface area contributed by atoms with Crippen molar-refractivity contribution in [1.82, 2.24) is 5.32 Å². The summed E-state index contributed by atoms with van der Waals surface area (Å²) in [5.74, 6) is 1.09. The maximum absolute atomic E-state index is 11.5. The summed E-state index contributed by atoms with van der Waals surface area (Å²) in [6.07, 6.45) is 0.220. The number of para-hydroxylation sites is 1. The van der Waals surface area contributed by atoms with E-state index >= 15 is 0 Å². The van der Waals surface area contributed by atoms with Crippen molar-refractivity contribution in [1.29, 1.82) is 0 Å². The lowest BCUT2D eigenvalue weighted by atomic mass is 10.2. The summed E-state index contributed by atoms with van der Waals surface area (Å²) < 4.78 is 10.9. The molecule has 2 rings (SSSR count). The highest BCUT2D eigenvalue weighted by atomic mass is 16.5. The SMILES string of the molecule is COc1cccc(CN)c1OC1CCNC1=O. The molecule has 0 bridgehead atoms. The molecule has 0 spiro atoms. The third-order valence-electron chi connectivity index (χ3n) is 2.76. The van der Waals surface area contributed by atoms with Gasteiger partial charge in [0.15, 0.2) is 17.6 Å². The van der Waals surface area contributed by atoms with Crippen LogP contribution in [-0.2, 0) is 11.3 Å². The number of rotatable bonds is 4. The first-order valence-electron chi connectivity index (χ1n) is 5.56. The highest BCUT2D eigenvalue weighted by Gasteiger charge is 2.27. The third kappa shape index (κ3) is 2.34. The van der Waals surface area contributed by atoms with Gasteiger partial charge < -0.3 is 20.5 Å². The van der Waals surface area contributed by atoms with Crippen LogP contribution in [0.5, 0.6) is 11.5 Å². The lowest BCUT2D eigenvalue weighted by Crippen LogP contribution is -2.28. The van der Waals surface area contributed by atoms with E-state index in [1.165, 1.54) is 0 Å². The van der Waals surface area contributed by atoms with Gasteiger partial charge in [-0.15, -0.1) is 0 Å². The molecule has 92 valence electrons. The Balaban J connectivity index is 2.26. The van der Waals surface area contributed by atoms with Crippen LogP contribution in [0.4, 0.5) is 0 Å². The van der Waals surface area contributed by atoms with E-state index in [9.17, 15) is 4.79 Å². The Labute approximate surface area is 99.9 Å². The normalized spacial score (nSPS) is 18.9. The predicted molar refractivity (Wildman–Crippen MR) is 62.9 cm³/mol. The summed E-state index contributed by atoms with van der Waals surface area (Å²) in [6.45, 7) is 0.997. The molecule has 5 nitrogen and oxygen atoms in total. The Bertz CT molecular complexity index is 398. The minimum absolute atomic E-state index is 0.0844. The van der Waals surface area contributed by atoms with Crippen LogP contribution < -0.4 is 20.5 Å². The number of carbonyl (C=O) groups is 1. The quantitative estimate of drug-likeness (QED) is 0.794. The van der Waals surface area contributed by atoms with Gasteiger partial charge in [-0.05, 0) is 6.07 Å². The van der Waals surface area contributed by atoms with Crippen molar-refractivity contribution < 1.29 is 14.3 Å². The van der Waals surface area contributed by atoms with E-state index in [0.29, 0.717) is 31.0 Å². The van der Waals surface area contributed by atoms with Crippen LogP contribution >= 0.6 is 0 Å². The van der Waals surface area contributed by atoms with E-state index in [4.69, 9.17) is 15.2 Å². The smallest absolute Gasteiger partial charge is 0.261 e. The first-order valence-corrected chi connectivity index (χ1v) is 5.56. The monoisotopic (exact) mass is 236 g/mol. The van der Waals surface area contributed by atoms with Crippen LogP contribution in [-0.4, -0.2) is 25.7 Å². The molecule has 3 N–H and O–H groups in total. The van der Waals surface area contributed by atoms with Gasteiger partial charge in [0.05, 0.1) is 7.11 Å². The molecule has 1 heterocycles. The van der Waals surface area contributed by atoms with Crippen molar-refractivity contribution in [3.8, 4) is 11.5 Å². The van der Waals surface area contributed by atoms with Crippen molar-refractivity contribution in [2.45, 2.75) is 19.1 Å². The molecule has 0 radical (unpaired) electrons. The first kappa shape index (κ1) is 11.7. The summed E-state index contributed by atoms with van der Waals surface area (Å²) in [6, 6.07) is 5.51. The van der Waals surface area contributed by atoms with E-state index in [2.05, 4.69) is 5.32 Å². The molecule has 5 heteroatoms. The number of benzene rings is 1. The fourth-order valence-corrected chi connectivity index (χ4v) is 1.84. The summed E-state index contributed by atoms with van der Waals surface area (Å²) in [4.78, 5) is 11.5. The second kappa shape index (κ2) is 5.05. The van der Waals surface area contributed by atoms with Gasteiger partial charge in [-0.25, -0.2) is 0 Å². The van der Waals surface area contributed by atoms with E-state index < -0.39 is 6.10 Å². The highest BCUT2D eigenvalue weighted by molar-refractivity contribution is 5.83. The van der Waals surface area contributed by atoms with Gasteiger partial charge in [0, 0.05) is 25.1 Å². The van der Waals surface area contributed by atoms with E-state index in [1.54, 1.807) is 13.2 Å². The Morgan fingerprint density at radius 2 is 2.35 bits per heavy atom. The highest BCUT2D eigenvalue weighted by Crippen LogP contribution is 2.32. The van der Waals surface area contributed by atoms with Crippen LogP contribution in [0, 0.1) is 0 Å². The molecule has 1 amide bonds. The first-order chi connectivity index (χ1) is 8.26. The second-order valence-electron chi connectivity index (χ2n) is 3.84. The van der Waals surface area contributed by atoms with E-state index in [0.717, 1.165) is 5.56 Å². The second-order valence-corrected chi connectivity index (χ2v) is 3.84. The van der Waals surface area contributed by atoms with Crippen LogP contribution in [0.25, 0.3) is 0 Å². The molecule has 1 aromatic carbocycles. The fraction of sp³-hybridized carbons (Fsp3) is 0.417. The lowest BCUT2D eigenvalue weighted by Gasteiger charge is -2.17. The standard InChI is InChI=1S/C12H16N2O3/c1-16-9-4-2-3-8(7-13)11(9)17-10-5-6-14-12(10)15/h2-4,10H,5-7,13H2,1H3,(H,14,15). The molecule has 1 fully saturated rings. The molecule has 1 aliphatic heterocycles. The average molecular weight is 236 g/mol. The maximum Gasteiger partial charge on any atom is 0.261 e. The van der Waals surface area contributed by atoms with Crippen molar-refractivity contribution in [3.05, 3.63) is 23.8 Å². The Morgan fingerprint density at radius 1 is 1.53 bits per heavy atom. The number of nitrogens with two attached hydrogens (primary N) is 1. The number of carbonyl (C=O) groups excluding carboxylic acids is 1. The zero-order chi connectivity index (χ0) is 12.3. The molecule has 1 aliphatic rings. The van der Waals surface area contributed by atoms with Crippen LogP contribution in [0.15, 0.2) is 18.2 Å². The Hall–Kier alpha value is -1.75. The van der Waals surface area contributed by atoms with Gasteiger partial charge in [-0.3, -0.25) is 4.79 Å². The zero-order valence-corrected chi connectivity index (χ0v) is 9.73. The molecule has 1 saturated heterocycles. The number of ether oxygens (including phenoxy) is 2. The average Bonchev–Trinajstić information content (AvgIpc) is 2.75. The van der Waals surface area contributed by atoms with Gasteiger partial charge in [-0.2, -0.15) is 0 Å². The van der Waals surface area contributed by atoms with Crippen molar-refractivity contribution in [2.75, 3.05) is 13.7 Å². The lowest BCUT2D eigenvalue weighted by molar-refractivity contribution is -0.124. The van der Waals surface area contributed by atoms with Crippen LogP contribution in [0.1, 0.15) is 12.0 Å². The van der Waals surface area contributed by atoms with Crippen LogP contribution in [0.3, 0.4) is 0 Å². The Morgan fingerprint density at radius 3 is 2.94 bits per heavy atom. The van der Waals surface area contributed by atoms with Gasteiger partial charge in [0.25, 0.3) is 5.91 Å². The van der Waals surface area contributed by atoms with Gasteiger partial charge in [-0.1, -0.05) is 12.1 Å². The fourth-order valence-electron chi connectivity index (χ4n) is 1.84. The van der Waals surface area contributed by atoms with Crippen molar-refractivity contribution in [2.24, 2.45) is 5.73 Å². The summed E-state index contributed by atoms with van der Waals surface area (Å²) in [5.41, 5.74) is 6.48. The minimum atomic E-state index is -0.448. The van der Waals surface area contributed by atoms with Gasteiger partial charge >= 0.3 is 0 Å². The van der Waals surface area contributed by atoms with E-state index in [-0.39, 0.29) is 5.91 Å². The summed E-state index contributed by atoms with van der Waals surface area (Å²) in [5, 5.41) is 2.73. The van der Waals surface area contributed by atoms with Crippen molar-refractivity contribution >= 4 is 5.91 Å². The van der Waals surface area contributed by atoms with Crippen molar-refractivity contribution in [3.63, 3.8) is 0 Å². The van der Waals surface area contributed by atoms with Crippen LogP contribution in [0.2, 0.25) is 0 Å². The topological polar surface area (TPSA) is 73.6 Å². The number of methoxy groups -OCH3 is 1. The molecular formula is C12H16N2O3. The molecular weight excluding hydrogens is 220 g/mol. The molecule has 17 heavy (non-hydrogen) atoms. The minimum Gasteiger partial charge on any atom is -0.493 e. The molecule has 0 aromatic heterocycles. The molecule has 1 aromatic rings. The molecule has 0 aliphatic carbocycles.